The predicted molar refractivity (Wildman–Crippen MR) is 97.4 cm³/mol. The number of hydrogen-bond acceptors (Lipinski definition) is 0. The average molecular weight is 277 g/mol. The van der Waals surface area contributed by atoms with E-state index in [9.17, 15) is 0 Å². The van der Waals surface area contributed by atoms with Crippen molar-refractivity contribution in [3.05, 3.63) is 59.7 Å². The minimum Gasteiger partial charge on any atom is -0.0805 e. The summed E-state index contributed by atoms with van der Waals surface area (Å²) < 4.78 is 0. The van der Waals surface area contributed by atoms with Crippen LogP contribution >= 0.6 is 0 Å². The largest absolute Gasteiger partial charge is 0.0805 e. The normalized spacial score (nSPS) is 10.4. The molecule has 0 fully saturated rings. The van der Waals surface area contributed by atoms with Crippen LogP contribution < -0.4 is 0 Å². The van der Waals surface area contributed by atoms with Crippen molar-refractivity contribution in [2.24, 2.45) is 0 Å². The molecule has 0 atom stereocenters. The summed E-state index contributed by atoms with van der Waals surface area (Å²) in [7, 11) is 0. The van der Waals surface area contributed by atoms with E-state index in [4.69, 9.17) is 0 Å². The Morgan fingerprint density at radius 3 is 1.65 bits per heavy atom. The second-order valence-electron chi connectivity index (χ2n) is 3.65. The zero-order chi connectivity index (χ0) is 14.9. The van der Waals surface area contributed by atoms with E-state index >= 15 is 0 Å². The minimum atomic E-state index is 0. The molecule has 0 nitrogen and oxygen atoms in total. The van der Waals surface area contributed by atoms with Gasteiger partial charge in [0.1, 0.15) is 0 Å². The van der Waals surface area contributed by atoms with Crippen LogP contribution in [0.15, 0.2) is 54.1 Å². The van der Waals surface area contributed by atoms with Crippen LogP contribution in [0.4, 0.5) is 0 Å². The second-order valence-corrected chi connectivity index (χ2v) is 3.65. The number of hydrogen-bond donors (Lipinski definition) is 0. The molecule has 0 saturated heterocycles. The Labute approximate surface area is 128 Å². The first kappa shape index (κ1) is 23.8. The smallest absolute Gasteiger partial charge is 0.0133 e. The van der Waals surface area contributed by atoms with Crippen molar-refractivity contribution in [2.45, 2.75) is 68.2 Å². The third-order valence-electron chi connectivity index (χ3n) is 2.55. The van der Waals surface area contributed by atoms with Crippen molar-refractivity contribution in [1.82, 2.24) is 0 Å². The molecule has 0 heterocycles. The van der Waals surface area contributed by atoms with Gasteiger partial charge in [0, 0.05) is 0 Å². The number of rotatable bonds is 2. The van der Waals surface area contributed by atoms with Gasteiger partial charge in [-0.15, -0.1) is 0 Å². The number of allylic oxidation sites excluding steroid dienone is 4. The fourth-order valence-corrected chi connectivity index (χ4v) is 1.47. The van der Waals surface area contributed by atoms with Crippen molar-refractivity contribution >= 4 is 0 Å². The van der Waals surface area contributed by atoms with Gasteiger partial charge < -0.3 is 0 Å². The molecule has 0 saturated carbocycles. The highest BCUT2D eigenvalue weighted by Crippen LogP contribution is 2.12. The lowest BCUT2D eigenvalue weighted by molar-refractivity contribution is 1.05. The third-order valence-corrected chi connectivity index (χ3v) is 2.55. The van der Waals surface area contributed by atoms with E-state index in [1.165, 1.54) is 18.4 Å². The Bertz CT molecular complexity index is 317. The summed E-state index contributed by atoms with van der Waals surface area (Å²) in [5.74, 6) is 0. The molecule has 1 aromatic carbocycles. The Hall–Kier alpha value is -1.30. The standard InChI is InChI=1S/C8H10.C7H10.2C2H6.CH4/c1-2-8-6-4-3-5-7-8;1-2-7-5-3-4-6-7;2*1-2;/h3-7H,2H2,1H3;3-5H,2,6H2,1H3;2*1-2H3;1H4. The van der Waals surface area contributed by atoms with E-state index in [0.717, 1.165) is 6.42 Å². The van der Waals surface area contributed by atoms with E-state index in [2.05, 4.69) is 56.3 Å². The van der Waals surface area contributed by atoms with Crippen molar-refractivity contribution in [2.75, 3.05) is 0 Å². The maximum atomic E-state index is 2.19. The Morgan fingerprint density at radius 2 is 1.40 bits per heavy atom. The van der Waals surface area contributed by atoms with Crippen LogP contribution in [0.5, 0.6) is 0 Å². The molecule has 0 aromatic heterocycles. The molecule has 0 amide bonds. The van der Waals surface area contributed by atoms with Gasteiger partial charge in [-0.2, -0.15) is 0 Å². The fourth-order valence-electron chi connectivity index (χ4n) is 1.47. The highest BCUT2D eigenvalue weighted by molar-refractivity contribution is 5.22. The lowest BCUT2D eigenvalue weighted by Gasteiger charge is -1.89. The van der Waals surface area contributed by atoms with Crippen LogP contribution in [-0.4, -0.2) is 0 Å². The van der Waals surface area contributed by atoms with Gasteiger partial charge in [-0.3, -0.25) is 0 Å². The van der Waals surface area contributed by atoms with Crippen LogP contribution in [0.1, 0.15) is 67.4 Å². The molecule has 1 aromatic rings. The summed E-state index contributed by atoms with van der Waals surface area (Å²) in [5.41, 5.74) is 2.97. The van der Waals surface area contributed by atoms with E-state index in [0.29, 0.717) is 0 Å². The van der Waals surface area contributed by atoms with E-state index in [1.54, 1.807) is 5.57 Å². The SMILES string of the molecule is C.CC.CC.CCC1=CC=CC1.CCc1ccccc1. The van der Waals surface area contributed by atoms with Crippen molar-refractivity contribution < 1.29 is 0 Å². The van der Waals surface area contributed by atoms with Crippen LogP contribution in [0, 0.1) is 0 Å². The molecule has 0 aliphatic heterocycles. The first-order chi connectivity index (χ1) is 9.36. The predicted octanol–water partition coefficient (Wildman–Crippen LogP) is 7.22. The summed E-state index contributed by atoms with van der Waals surface area (Å²) in [6, 6.07) is 10.5. The second kappa shape index (κ2) is 20.0. The summed E-state index contributed by atoms with van der Waals surface area (Å²) in [6.07, 6.45) is 10.1. The van der Waals surface area contributed by atoms with Crippen LogP contribution in [-0.2, 0) is 6.42 Å². The van der Waals surface area contributed by atoms with Gasteiger partial charge in [-0.05, 0) is 24.8 Å². The van der Waals surface area contributed by atoms with Gasteiger partial charge in [-0.25, -0.2) is 0 Å². The molecule has 2 rings (SSSR count). The number of aryl methyl sites for hydroxylation is 1. The summed E-state index contributed by atoms with van der Waals surface area (Å²) >= 11 is 0. The monoisotopic (exact) mass is 276 g/mol. The van der Waals surface area contributed by atoms with Crippen LogP contribution in [0.2, 0.25) is 0 Å². The van der Waals surface area contributed by atoms with Crippen molar-refractivity contribution in [3.8, 4) is 0 Å². The Morgan fingerprint density at radius 1 is 0.850 bits per heavy atom. The van der Waals surface area contributed by atoms with Crippen molar-refractivity contribution in [3.63, 3.8) is 0 Å². The zero-order valence-electron chi connectivity index (χ0n) is 13.7. The molecule has 1 aliphatic carbocycles. The van der Waals surface area contributed by atoms with Crippen LogP contribution in [0.25, 0.3) is 0 Å². The maximum Gasteiger partial charge on any atom is -0.0133 e. The summed E-state index contributed by atoms with van der Waals surface area (Å²) in [5, 5.41) is 0. The maximum absolute atomic E-state index is 2.19. The summed E-state index contributed by atoms with van der Waals surface area (Å²) in [6.45, 7) is 12.4. The highest BCUT2D eigenvalue weighted by atomic mass is 14.0. The van der Waals surface area contributed by atoms with Gasteiger partial charge >= 0.3 is 0 Å². The lowest BCUT2D eigenvalue weighted by Crippen LogP contribution is -1.73. The third kappa shape index (κ3) is 13.1. The van der Waals surface area contributed by atoms with Gasteiger partial charge in [0.15, 0.2) is 0 Å². The number of benzene rings is 1. The molecule has 0 N–H and O–H groups in total. The molecule has 0 unspecified atom stereocenters. The molecule has 116 valence electrons. The zero-order valence-corrected chi connectivity index (χ0v) is 13.7. The quantitative estimate of drug-likeness (QED) is 0.535. The molecule has 0 bridgehead atoms. The first-order valence-electron chi connectivity index (χ1n) is 7.75. The van der Waals surface area contributed by atoms with E-state index < -0.39 is 0 Å². The Balaban J connectivity index is -0.000000224. The van der Waals surface area contributed by atoms with Gasteiger partial charge in [0.25, 0.3) is 0 Å². The molecule has 0 radical (unpaired) electrons. The molecular weight excluding hydrogens is 240 g/mol. The molecular formula is C20H36. The minimum absolute atomic E-state index is 0. The molecule has 0 spiro atoms. The Kier molecular flexibility index (Phi) is 23.8. The summed E-state index contributed by atoms with van der Waals surface area (Å²) in [4.78, 5) is 0. The van der Waals surface area contributed by atoms with Crippen LogP contribution in [0.3, 0.4) is 0 Å². The van der Waals surface area contributed by atoms with E-state index in [1.807, 2.05) is 33.8 Å². The van der Waals surface area contributed by atoms with E-state index in [-0.39, 0.29) is 7.43 Å². The molecule has 1 aliphatic rings. The van der Waals surface area contributed by atoms with Gasteiger partial charge in [-0.1, -0.05) is 103 Å². The van der Waals surface area contributed by atoms with Gasteiger partial charge in [0.2, 0.25) is 0 Å². The molecule has 20 heavy (non-hydrogen) atoms. The fraction of sp³-hybridized carbons (Fsp3) is 0.500. The molecule has 0 heteroatoms. The highest BCUT2D eigenvalue weighted by Gasteiger charge is 1.91. The topological polar surface area (TPSA) is 0 Å². The van der Waals surface area contributed by atoms with Crippen molar-refractivity contribution in [1.29, 1.82) is 0 Å². The average Bonchev–Trinajstić information content (AvgIpc) is 3.06. The first-order valence-corrected chi connectivity index (χ1v) is 7.75. The lowest BCUT2D eigenvalue weighted by atomic mass is 10.2. The van der Waals surface area contributed by atoms with Gasteiger partial charge in [0.05, 0.1) is 0 Å².